The molecule has 2 heterocycles. The number of aryl methyl sites for hydroxylation is 1. The number of carbonyl (C=O) groups is 1. The average Bonchev–Trinajstić information content (AvgIpc) is 2.67. The van der Waals surface area contributed by atoms with Crippen LogP contribution in [0.2, 0.25) is 0 Å². The Hall–Kier alpha value is -2.51. The van der Waals surface area contributed by atoms with Gasteiger partial charge in [0.05, 0.1) is 11.0 Å². The first-order chi connectivity index (χ1) is 12.1. The first-order valence-electron chi connectivity index (χ1n) is 8.28. The van der Waals surface area contributed by atoms with Crippen LogP contribution in [0.5, 0.6) is 0 Å². The van der Waals surface area contributed by atoms with Gasteiger partial charge in [0.25, 0.3) is 5.69 Å². The number of non-ortho nitro benzene ring substituents is 1. The second kappa shape index (κ2) is 9.26. The van der Waals surface area contributed by atoms with E-state index < -0.39 is 4.92 Å². The van der Waals surface area contributed by atoms with E-state index in [1.54, 1.807) is 18.5 Å². The first kappa shape index (κ1) is 19.8. The van der Waals surface area contributed by atoms with Crippen molar-refractivity contribution in [2.75, 3.05) is 19.6 Å². The van der Waals surface area contributed by atoms with E-state index in [1.165, 1.54) is 12.1 Å². The molecule has 1 aliphatic heterocycles. The molecule has 138 valence electrons. The van der Waals surface area contributed by atoms with Gasteiger partial charge in [0.1, 0.15) is 0 Å². The largest absolute Gasteiger partial charge is 0.333 e. The second-order valence-electron chi connectivity index (χ2n) is 6.02. The SMILES string of the molecule is Cl.O=C(CCc1cccc([N+](=O)[O-])c1)N1CCNCC1c1cccnc1. The van der Waals surface area contributed by atoms with Crippen molar-refractivity contribution in [3.63, 3.8) is 0 Å². The molecule has 3 rings (SSSR count). The number of pyridine rings is 1. The number of nitro benzene ring substituents is 1. The lowest BCUT2D eigenvalue weighted by Gasteiger charge is -2.36. The molecule has 1 atom stereocenters. The molecular weight excluding hydrogens is 356 g/mol. The summed E-state index contributed by atoms with van der Waals surface area (Å²) in [5.41, 5.74) is 1.87. The predicted molar refractivity (Wildman–Crippen MR) is 100 cm³/mol. The summed E-state index contributed by atoms with van der Waals surface area (Å²) in [7, 11) is 0. The highest BCUT2D eigenvalue weighted by atomic mass is 35.5. The van der Waals surface area contributed by atoms with Crippen molar-refractivity contribution < 1.29 is 9.72 Å². The second-order valence-corrected chi connectivity index (χ2v) is 6.02. The monoisotopic (exact) mass is 376 g/mol. The molecule has 1 fully saturated rings. The van der Waals surface area contributed by atoms with E-state index in [0.717, 1.165) is 17.7 Å². The molecule has 1 aliphatic rings. The summed E-state index contributed by atoms with van der Waals surface area (Å²) in [6.45, 7) is 2.11. The Morgan fingerprint density at radius 2 is 2.19 bits per heavy atom. The number of nitro groups is 1. The van der Waals surface area contributed by atoms with Crippen LogP contribution in [0.1, 0.15) is 23.6 Å². The van der Waals surface area contributed by atoms with Crippen LogP contribution >= 0.6 is 12.4 Å². The molecule has 8 heteroatoms. The Morgan fingerprint density at radius 3 is 2.92 bits per heavy atom. The van der Waals surface area contributed by atoms with Gasteiger partial charge in [0, 0.05) is 50.6 Å². The summed E-state index contributed by atoms with van der Waals surface area (Å²) in [5.74, 6) is 0.0573. The smallest absolute Gasteiger partial charge is 0.269 e. The van der Waals surface area contributed by atoms with Crippen LogP contribution in [0.4, 0.5) is 5.69 Å². The van der Waals surface area contributed by atoms with Crippen molar-refractivity contribution in [1.29, 1.82) is 0 Å². The third-order valence-electron chi connectivity index (χ3n) is 4.38. The van der Waals surface area contributed by atoms with E-state index in [4.69, 9.17) is 0 Å². The van der Waals surface area contributed by atoms with Gasteiger partial charge in [0.2, 0.25) is 5.91 Å². The normalized spacial score (nSPS) is 16.6. The highest BCUT2D eigenvalue weighted by molar-refractivity contribution is 5.85. The molecule has 0 radical (unpaired) electrons. The number of piperazine rings is 1. The van der Waals surface area contributed by atoms with Crippen LogP contribution in [-0.4, -0.2) is 40.3 Å². The summed E-state index contributed by atoms with van der Waals surface area (Å²) >= 11 is 0. The predicted octanol–water partition coefficient (Wildman–Crippen LogP) is 2.52. The summed E-state index contributed by atoms with van der Waals surface area (Å²) < 4.78 is 0. The molecule has 0 aliphatic carbocycles. The molecule has 0 saturated carbocycles. The van der Waals surface area contributed by atoms with E-state index >= 15 is 0 Å². The standard InChI is InChI=1S/C18H20N4O3.ClH/c23-18(7-6-14-3-1-5-16(11-14)22(24)25)21-10-9-20-13-17(21)15-4-2-8-19-12-15;/h1-5,8,11-12,17,20H,6-7,9-10,13H2;1H. The van der Waals surface area contributed by atoms with Crippen LogP contribution in [-0.2, 0) is 11.2 Å². The lowest BCUT2D eigenvalue weighted by molar-refractivity contribution is -0.384. The van der Waals surface area contributed by atoms with Crippen molar-refractivity contribution in [3.8, 4) is 0 Å². The fourth-order valence-corrected chi connectivity index (χ4v) is 3.09. The number of amides is 1. The van der Waals surface area contributed by atoms with E-state index in [-0.39, 0.29) is 30.0 Å². The number of rotatable bonds is 5. The zero-order valence-electron chi connectivity index (χ0n) is 14.2. The van der Waals surface area contributed by atoms with Crippen molar-refractivity contribution in [3.05, 3.63) is 70.0 Å². The Labute approximate surface area is 158 Å². The molecule has 2 aromatic rings. The van der Waals surface area contributed by atoms with Gasteiger partial charge in [-0.3, -0.25) is 19.9 Å². The zero-order valence-corrected chi connectivity index (χ0v) is 15.0. The maximum atomic E-state index is 12.7. The molecule has 1 amide bonds. The lowest BCUT2D eigenvalue weighted by Crippen LogP contribution is -2.48. The van der Waals surface area contributed by atoms with Crippen molar-refractivity contribution in [1.82, 2.24) is 15.2 Å². The molecule has 7 nitrogen and oxygen atoms in total. The van der Waals surface area contributed by atoms with Gasteiger partial charge >= 0.3 is 0 Å². The van der Waals surface area contributed by atoms with Gasteiger partial charge in [-0.2, -0.15) is 0 Å². The minimum absolute atomic E-state index is 0. The maximum absolute atomic E-state index is 12.7. The van der Waals surface area contributed by atoms with E-state index in [1.807, 2.05) is 23.1 Å². The Balaban J connectivity index is 0.00000243. The molecule has 1 aromatic heterocycles. The summed E-state index contributed by atoms with van der Waals surface area (Å²) in [4.78, 5) is 29.2. The minimum Gasteiger partial charge on any atom is -0.333 e. The van der Waals surface area contributed by atoms with Gasteiger partial charge in [-0.15, -0.1) is 12.4 Å². The number of halogens is 1. The summed E-state index contributed by atoms with van der Waals surface area (Å²) in [5, 5.41) is 14.2. The van der Waals surface area contributed by atoms with Gasteiger partial charge < -0.3 is 10.2 Å². The number of hydrogen-bond donors (Lipinski definition) is 1. The number of hydrogen-bond acceptors (Lipinski definition) is 5. The van der Waals surface area contributed by atoms with Crippen molar-refractivity contribution in [2.24, 2.45) is 0 Å². The Kier molecular flexibility index (Phi) is 7.06. The maximum Gasteiger partial charge on any atom is 0.269 e. The third kappa shape index (κ3) is 4.77. The number of benzene rings is 1. The lowest BCUT2D eigenvalue weighted by atomic mass is 10.0. The van der Waals surface area contributed by atoms with E-state index in [2.05, 4.69) is 10.3 Å². The third-order valence-corrected chi connectivity index (χ3v) is 4.38. The number of carbonyl (C=O) groups excluding carboxylic acids is 1. The van der Waals surface area contributed by atoms with Crippen LogP contribution in [0.15, 0.2) is 48.8 Å². The fraction of sp³-hybridized carbons (Fsp3) is 0.333. The molecule has 1 saturated heterocycles. The molecule has 1 unspecified atom stereocenters. The van der Waals surface area contributed by atoms with E-state index in [0.29, 0.717) is 25.9 Å². The van der Waals surface area contributed by atoms with Crippen molar-refractivity contribution in [2.45, 2.75) is 18.9 Å². The molecule has 1 aromatic carbocycles. The quantitative estimate of drug-likeness (QED) is 0.639. The zero-order chi connectivity index (χ0) is 17.6. The first-order valence-corrected chi connectivity index (χ1v) is 8.28. The van der Waals surface area contributed by atoms with Crippen LogP contribution in [0.3, 0.4) is 0 Å². The summed E-state index contributed by atoms with van der Waals surface area (Å²) in [6.07, 6.45) is 4.33. The molecule has 26 heavy (non-hydrogen) atoms. The molecule has 1 N–H and O–H groups in total. The molecule has 0 bridgehead atoms. The van der Waals surface area contributed by atoms with Crippen molar-refractivity contribution >= 4 is 24.0 Å². The van der Waals surface area contributed by atoms with Gasteiger partial charge in [0.15, 0.2) is 0 Å². The van der Waals surface area contributed by atoms with Crippen LogP contribution in [0.25, 0.3) is 0 Å². The fourth-order valence-electron chi connectivity index (χ4n) is 3.09. The Morgan fingerprint density at radius 1 is 1.35 bits per heavy atom. The van der Waals surface area contributed by atoms with Crippen LogP contribution < -0.4 is 5.32 Å². The molecular formula is C18H21ClN4O3. The number of nitrogens with zero attached hydrogens (tertiary/aromatic N) is 3. The molecule has 0 spiro atoms. The average molecular weight is 377 g/mol. The van der Waals surface area contributed by atoms with Crippen LogP contribution in [0, 0.1) is 10.1 Å². The Bertz CT molecular complexity index is 757. The van der Waals surface area contributed by atoms with Gasteiger partial charge in [-0.05, 0) is 23.6 Å². The van der Waals surface area contributed by atoms with Gasteiger partial charge in [-0.25, -0.2) is 0 Å². The highest BCUT2D eigenvalue weighted by Gasteiger charge is 2.27. The summed E-state index contributed by atoms with van der Waals surface area (Å²) in [6, 6.07) is 10.3. The van der Waals surface area contributed by atoms with E-state index in [9.17, 15) is 14.9 Å². The highest BCUT2D eigenvalue weighted by Crippen LogP contribution is 2.23. The van der Waals surface area contributed by atoms with Gasteiger partial charge in [-0.1, -0.05) is 18.2 Å². The minimum atomic E-state index is -0.417. The number of aromatic nitrogens is 1. The number of nitrogens with one attached hydrogen (secondary N) is 1. The topological polar surface area (TPSA) is 88.4 Å².